The first-order valence-corrected chi connectivity index (χ1v) is 6.83. The van der Waals surface area contributed by atoms with Gasteiger partial charge in [-0.05, 0) is 30.2 Å². The summed E-state index contributed by atoms with van der Waals surface area (Å²) in [4.78, 5) is 2.26. The highest BCUT2D eigenvalue weighted by Crippen LogP contribution is 2.26. The van der Waals surface area contributed by atoms with E-state index in [-0.39, 0.29) is 0 Å². The number of hydrogen-bond donors (Lipinski definition) is 1. The molecule has 0 aliphatic rings. The molecule has 3 nitrogen and oxygen atoms in total. The second-order valence-corrected chi connectivity index (χ2v) is 4.79. The van der Waals surface area contributed by atoms with E-state index in [0.29, 0.717) is 11.3 Å². The summed E-state index contributed by atoms with van der Waals surface area (Å²) in [5.41, 5.74) is 9.60. The molecule has 0 heterocycles. The lowest BCUT2D eigenvalue weighted by molar-refractivity contribution is 0.768. The van der Waals surface area contributed by atoms with Gasteiger partial charge in [0.1, 0.15) is 0 Å². The lowest BCUT2D eigenvalue weighted by Crippen LogP contribution is -2.24. The van der Waals surface area contributed by atoms with Gasteiger partial charge in [0.05, 0.1) is 23.0 Å². The van der Waals surface area contributed by atoms with Gasteiger partial charge in [0.15, 0.2) is 0 Å². The summed E-state index contributed by atoms with van der Waals surface area (Å²) in [5, 5.41) is 8.91. The topological polar surface area (TPSA) is 53.0 Å². The molecule has 0 amide bonds. The van der Waals surface area contributed by atoms with Crippen molar-refractivity contribution in [2.45, 2.75) is 19.9 Å². The van der Waals surface area contributed by atoms with E-state index in [9.17, 15) is 0 Å². The molecule has 102 valence electrons. The Morgan fingerprint density at radius 1 is 1.15 bits per heavy atom. The minimum Gasteiger partial charge on any atom is -0.397 e. The molecule has 2 rings (SSSR count). The Labute approximate surface area is 120 Å². The van der Waals surface area contributed by atoms with Crippen molar-refractivity contribution in [1.82, 2.24) is 0 Å². The standard InChI is InChI=1S/C17H19N3/c1-2-10-20(13-14-6-4-3-5-7-14)17-9-8-15(12-18)11-16(17)19/h3-9,11H,2,10,13,19H2,1H3. The Hall–Kier alpha value is -2.47. The number of hydrogen-bond acceptors (Lipinski definition) is 3. The Kier molecular flexibility index (Phi) is 4.62. The van der Waals surface area contributed by atoms with Crippen LogP contribution in [0.1, 0.15) is 24.5 Å². The van der Waals surface area contributed by atoms with E-state index in [1.807, 2.05) is 30.3 Å². The zero-order valence-corrected chi connectivity index (χ0v) is 11.7. The van der Waals surface area contributed by atoms with Crippen LogP contribution in [-0.2, 0) is 6.54 Å². The highest BCUT2D eigenvalue weighted by Gasteiger charge is 2.10. The summed E-state index contributed by atoms with van der Waals surface area (Å²) >= 11 is 0. The summed E-state index contributed by atoms with van der Waals surface area (Å²) in [6.45, 7) is 3.91. The third kappa shape index (κ3) is 3.30. The summed E-state index contributed by atoms with van der Waals surface area (Å²) in [7, 11) is 0. The van der Waals surface area contributed by atoms with E-state index >= 15 is 0 Å². The Balaban J connectivity index is 2.27. The van der Waals surface area contributed by atoms with E-state index in [2.05, 4.69) is 30.0 Å². The molecular formula is C17H19N3. The van der Waals surface area contributed by atoms with Gasteiger partial charge in [-0.3, -0.25) is 0 Å². The summed E-state index contributed by atoms with van der Waals surface area (Å²) in [6.07, 6.45) is 1.05. The molecule has 2 N–H and O–H groups in total. The molecule has 0 saturated heterocycles. The number of nitrogens with zero attached hydrogens (tertiary/aromatic N) is 2. The van der Waals surface area contributed by atoms with Gasteiger partial charge in [0, 0.05) is 13.1 Å². The van der Waals surface area contributed by atoms with Crippen LogP contribution in [0, 0.1) is 11.3 Å². The third-order valence-electron chi connectivity index (χ3n) is 3.21. The predicted octanol–water partition coefficient (Wildman–Crippen LogP) is 3.56. The van der Waals surface area contributed by atoms with Gasteiger partial charge in [-0.25, -0.2) is 0 Å². The van der Waals surface area contributed by atoms with Crippen LogP contribution < -0.4 is 10.6 Å². The van der Waals surface area contributed by atoms with E-state index in [1.165, 1.54) is 5.56 Å². The SMILES string of the molecule is CCCN(Cc1ccccc1)c1ccc(C#N)cc1N. The average molecular weight is 265 g/mol. The van der Waals surface area contributed by atoms with Crippen molar-refractivity contribution < 1.29 is 0 Å². The molecule has 2 aromatic carbocycles. The second-order valence-electron chi connectivity index (χ2n) is 4.79. The Morgan fingerprint density at radius 3 is 2.50 bits per heavy atom. The zero-order chi connectivity index (χ0) is 14.4. The Bertz CT molecular complexity index is 599. The molecule has 2 aromatic rings. The lowest BCUT2D eigenvalue weighted by Gasteiger charge is -2.26. The summed E-state index contributed by atoms with van der Waals surface area (Å²) in [5.74, 6) is 0. The van der Waals surface area contributed by atoms with Gasteiger partial charge in [0.2, 0.25) is 0 Å². The molecular weight excluding hydrogens is 246 g/mol. The predicted molar refractivity (Wildman–Crippen MR) is 83.4 cm³/mol. The molecule has 0 atom stereocenters. The summed E-state index contributed by atoms with van der Waals surface area (Å²) < 4.78 is 0. The number of benzene rings is 2. The molecule has 0 aromatic heterocycles. The molecule has 0 spiro atoms. The van der Waals surface area contributed by atoms with Gasteiger partial charge in [-0.2, -0.15) is 5.26 Å². The van der Waals surface area contributed by atoms with Gasteiger partial charge in [-0.15, -0.1) is 0 Å². The van der Waals surface area contributed by atoms with Crippen LogP contribution in [0.2, 0.25) is 0 Å². The average Bonchev–Trinajstić information content (AvgIpc) is 2.48. The number of nitriles is 1. The van der Waals surface area contributed by atoms with Crippen molar-refractivity contribution in [2.75, 3.05) is 17.2 Å². The van der Waals surface area contributed by atoms with Crippen molar-refractivity contribution in [1.29, 1.82) is 5.26 Å². The molecule has 0 unspecified atom stereocenters. The molecule has 0 bridgehead atoms. The van der Waals surface area contributed by atoms with Crippen LogP contribution in [-0.4, -0.2) is 6.54 Å². The first-order chi connectivity index (χ1) is 9.74. The van der Waals surface area contributed by atoms with Crippen LogP contribution in [0.15, 0.2) is 48.5 Å². The maximum Gasteiger partial charge on any atom is 0.0992 e. The van der Waals surface area contributed by atoms with Crippen LogP contribution in [0.3, 0.4) is 0 Å². The highest BCUT2D eigenvalue weighted by atomic mass is 15.1. The fourth-order valence-corrected chi connectivity index (χ4v) is 2.27. The number of nitrogen functional groups attached to an aromatic ring is 1. The molecule has 3 heteroatoms. The van der Waals surface area contributed by atoms with E-state index in [0.717, 1.165) is 25.2 Å². The molecule has 20 heavy (non-hydrogen) atoms. The minimum absolute atomic E-state index is 0.599. The largest absolute Gasteiger partial charge is 0.397 e. The monoisotopic (exact) mass is 265 g/mol. The molecule has 0 fully saturated rings. The molecule has 0 aliphatic heterocycles. The molecule has 0 radical (unpaired) electrons. The smallest absolute Gasteiger partial charge is 0.0992 e. The normalized spacial score (nSPS) is 10.0. The second kappa shape index (κ2) is 6.63. The molecule has 0 aliphatic carbocycles. The van der Waals surface area contributed by atoms with E-state index in [1.54, 1.807) is 6.07 Å². The maximum absolute atomic E-state index is 8.91. The zero-order valence-electron chi connectivity index (χ0n) is 11.7. The van der Waals surface area contributed by atoms with Crippen molar-refractivity contribution >= 4 is 11.4 Å². The quantitative estimate of drug-likeness (QED) is 0.841. The first-order valence-electron chi connectivity index (χ1n) is 6.83. The van der Waals surface area contributed by atoms with Crippen LogP contribution in [0.25, 0.3) is 0 Å². The van der Waals surface area contributed by atoms with Gasteiger partial charge >= 0.3 is 0 Å². The van der Waals surface area contributed by atoms with Crippen molar-refractivity contribution in [3.63, 3.8) is 0 Å². The summed E-state index contributed by atoms with van der Waals surface area (Å²) in [6, 6.07) is 17.9. The Morgan fingerprint density at radius 2 is 1.90 bits per heavy atom. The van der Waals surface area contributed by atoms with Gasteiger partial charge in [0.25, 0.3) is 0 Å². The van der Waals surface area contributed by atoms with Crippen molar-refractivity contribution in [3.05, 3.63) is 59.7 Å². The lowest BCUT2D eigenvalue weighted by atomic mass is 10.1. The van der Waals surface area contributed by atoms with Crippen LogP contribution >= 0.6 is 0 Å². The number of anilines is 2. The van der Waals surface area contributed by atoms with Gasteiger partial charge in [-0.1, -0.05) is 37.3 Å². The third-order valence-corrected chi connectivity index (χ3v) is 3.21. The number of rotatable bonds is 5. The number of nitrogens with two attached hydrogens (primary N) is 1. The van der Waals surface area contributed by atoms with E-state index in [4.69, 9.17) is 11.0 Å². The fourth-order valence-electron chi connectivity index (χ4n) is 2.27. The minimum atomic E-state index is 0.599. The van der Waals surface area contributed by atoms with E-state index < -0.39 is 0 Å². The first kappa shape index (κ1) is 14.0. The van der Waals surface area contributed by atoms with Crippen LogP contribution in [0.5, 0.6) is 0 Å². The van der Waals surface area contributed by atoms with Crippen LogP contribution in [0.4, 0.5) is 11.4 Å². The highest BCUT2D eigenvalue weighted by molar-refractivity contribution is 5.69. The van der Waals surface area contributed by atoms with Crippen molar-refractivity contribution in [3.8, 4) is 6.07 Å². The maximum atomic E-state index is 8.91. The van der Waals surface area contributed by atoms with Gasteiger partial charge < -0.3 is 10.6 Å². The fraction of sp³-hybridized carbons (Fsp3) is 0.235. The van der Waals surface area contributed by atoms with Crippen molar-refractivity contribution in [2.24, 2.45) is 0 Å². The molecule has 0 saturated carbocycles.